The molecular weight excluding hydrogens is 194 g/mol. The third kappa shape index (κ3) is 3.03. The van der Waals surface area contributed by atoms with Gasteiger partial charge in [0.2, 0.25) is 0 Å². The van der Waals surface area contributed by atoms with Crippen molar-refractivity contribution in [3.05, 3.63) is 11.1 Å². The lowest BCUT2D eigenvalue weighted by Crippen LogP contribution is -2.24. The zero-order valence-electron chi connectivity index (χ0n) is 8.41. The Hall–Kier alpha value is -0.480. The first-order valence-electron chi connectivity index (χ1n) is 5.42. The molecule has 1 aromatic heterocycles. The molecule has 78 valence electrons. The third-order valence-electron chi connectivity index (χ3n) is 2.87. The van der Waals surface area contributed by atoms with E-state index in [9.17, 15) is 0 Å². The highest BCUT2D eigenvalue weighted by Crippen LogP contribution is 2.22. The van der Waals surface area contributed by atoms with Crippen molar-refractivity contribution < 1.29 is 0 Å². The maximum atomic E-state index is 4.00. The van der Waals surface area contributed by atoms with E-state index in [1.54, 1.807) is 0 Å². The number of nitrogens with one attached hydrogen (secondary N) is 1. The molecule has 1 fully saturated rings. The van der Waals surface area contributed by atoms with Crippen LogP contribution in [0.3, 0.4) is 0 Å². The molecule has 0 saturated heterocycles. The summed E-state index contributed by atoms with van der Waals surface area (Å²) in [4.78, 5) is 0. The summed E-state index contributed by atoms with van der Waals surface area (Å²) in [5.41, 5.74) is 1.07. The second kappa shape index (κ2) is 5.41. The van der Waals surface area contributed by atoms with Crippen molar-refractivity contribution in [2.24, 2.45) is 5.92 Å². The van der Waals surface area contributed by atoms with E-state index in [0.717, 1.165) is 24.7 Å². The van der Waals surface area contributed by atoms with Crippen molar-refractivity contribution in [1.29, 1.82) is 0 Å². The van der Waals surface area contributed by atoms with Crippen LogP contribution in [0.5, 0.6) is 0 Å². The van der Waals surface area contributed by atoms with Gasteiger partial charge in [-0.2, -0.15) is 0 Å². The van der Waals surface area contributed by atoms with Crippen LogP contribution in [0.15, 0.2) is 5.38 Å². The van der Waals surface area contributed by atoms with E-state index in [4.69, 9.17) is 0 Å². The van der Waals surface area contributed by atoms with E-state index in [1.807, 2.05) is 5.38 Å². The van der Waals surface area contributed by atoms with Crippen LogP contribution in [0.2, 0.25) is 0 Å². The number of nitrogens with zero attached hydrogens (tertiary/aromatic N) is 2. The van der Waals surface area contributed by atoms with Gasteiger partial charge in [0.05, 0.1) is 5.69 Å². The van der Waals surface area contributed by atoms with Crippen molar-refractivity contribution in [3.63, 3.8) is 0 Å². The van der Waals surface area contributed by atoms with Crippen LogP contribution in [-0.2, 0) is 6.54 Å². The molecule has 0 atom stereocenters. The Bertz CT molecular complexity index is 242. The number of aromatic nitrogens is 2. The Labute approximate surface area is 89.1 Å². The van der Waals surface area contributed by atoms with Gasteiger partial charge < -0.3 is 5.32 Å². The van der Waals surface area contributed by atoms with E-state index < -0.39 is 0 Å². The SMILES string of the molecule is c1snnc1CNCC1CCCCC1. The minimum absolute atomic E-state index is 0.882. The van der Waals surface area contributed by atoms with Crippen LogP contribution < -0.4 is 5.32 Å². The minimum Gasteiger partial charge on any atom is -0.311 e. The normalized spacial score (nSPS) is 18.6. The average Bonchev–Trinajstić information content (AvgIpc) is 2.72. The van der Waals surface area contributed by atoms with E-state index in [1.165, 1.54) is 43.6 Å². The number of rotatable bonds is 4. The molecule has 2 rings (SSSR count). The van der Waals surface area contributed by atoms with Gasteiger partial charge in [-0.25, -0.2) is 0 Å². The maximum Gasteiger partial charge on any atom is 0.0893 e. The molecule has 0 spiro atoms. The molecule has 1 saturated carbocycles. The molecule has 14 heavy (non-hydrogen) atoms. The van der Waals surface area contributed by atoms with Gasteiger partial charge in [-0.05, 0) is 36.8 Å². The van der Waals surface area contributed by atoms with Gasteiger partial charge in [0.15, 0.2) is 0 Å². The summed E-state index contributed by atoms with van der Waals surface area (Å²) < 4.78 is 3.84. The first-order valence-corrected chi connectivity index (χ1v) is 6.25. The van der Waals surface area contributed by atoms with E-state index >= 15 is 0 Å². The number of hydrogen-bond donors (Lipinski definition) is 1. The second-order valence-electron chi connectivity index (χ2n) is 4.03. The quantitative estimate of drug-likeness (QED) is 0.829. The van der Waals surface area contributed by atoms with Crippen molar-refractivity contribution >= 4 is 11.5 Å². The third-order valence-corrected chi connectivity index (χ3v) is 3.42. The van der Waals surface area contributed by atoms with Crippen molar-refractivity contribution in [1.82, 2.24) is 14.9 Å². The highest BCUT2D eigenvalue weighted by Gasteiger charge is 2.12. The molecule has 0 amide bonds. The zero-order chi connectivity index (χ0) is 9.64. The fourth-order valence-electron chi connectivity index (χ4n) is 2.06. The summed E-state index contributed by atoms with van der Waals surface area (Å²) >= 11 is 1.42. The van der Waals surface area contributed by atoms with Gasteiger partial charge in [-0.1, -0.05) is 23.8 Å². The molecule has 4 heteroatoms. The summed E-state index contributed by atoms with van der Waals surface area (Å²) in [5, 5.41) is 9.47. The molecule has 1 aliphatic carbocycles. The molecule has 0 bridgehead atoms. The Morgan fingerprint density at radius 2 is 2.21 bits per heavy atom. The van der Waals surface area contributed by atoms with E-state index in [2.05, 4.69) is 14.9 Å². The summed E-state index contributed by atoms with van der Waals surface area (Å²) in [5.74, 6) is 0.898. The topological polar surface area (TPSA) is 37.8 Å². The first-order chi connectivity index (χ1) is 6.95. The lowest BCUT2D eigenvalue weighted by Gasteiger charge is -2.21. The summed E-state index contributed by atoms with van der Waals surface area (Å²) in [6, 6.07) is 0. The highest BCUT2D eigenvalue weighted by atomic mass is 32.1. The smallest absolute Gasteiger partial charge is 0.0893 e. The molecular formula is C10H17N3S. The molecule has 1 aliphatic rings. The molecule has 0 aliphatic heterocycles. The van der Waals surface area contributed by atoms with Crippen LogP contribution in [0, 0.1) is 5.92 Å². The van der Waals surface area contributed by atoms with Crippen LogP contribution in [0.4, 0.5) is 0 Å². The van der Waals surface area contributed by atoms with Gasteiger partial charge in [-0.15, -0.1) is 5.10 Å². The largest absolute Gasteiger partial charge is 0.311 e. The van der Waals surface area contributed by atoms with Gasteiger partial charge >= 0.3 is 0 Å². The predicted molar refractivity (Wildman–Crippen MR) is 58.2 cm³/mol. The predicted octanol–water partition coefficient (Wildman–Crippen LogP) is 2.21. The summed E-state index contributed by atoms with van der Waals surface area (Å²) in [6.07, 6.45) is 7.09. The van der Waals surface area contributed by atoms with Crippen LogP contribution in [0.1, 0.15) is 37.8 Å². The lowest BCUT2D eigenvalue weighted by molar-refractivity contribution is 0.341. The lowest BCUT2D eigenvalue weighted by atomic mass is 9.89. The maximum absolute atomic E-state index is 4.00. The Morgan fingerprint density at radius 3 is 2.93 bits per heavy atom. The molecule has 0 aromatic carbocycles. The van der Waals surface area contributed by atoms with E-state index in [0.29, 0.717) is 0 Å². The fourth-order valence-corrected chi connectivity index (χ4v) is 2.51. The zero-order valence-corrected chi connectivity index (χ0v) is 9.22. The minimum atomic E-state index is 0.882. The van der Waals surface area contributed by atoms with Crippen molar-refractivity contribution in [3.8, 4) is 0 Å². The first kappa shape index (κ1) is 10.1. The average molecular weight is 211 g/mol. The summed E-state index contributed by atoms with van der Waals surface area (Å²) in [7, 11) is 0. The molecule has 3 nitrogen and oxygen atoms in total. The van der Waals surface area contributed by atoms with Gasteiger partial charge in [-0.3, -0.25) is 0 Å². The standard InChI is InChI=1S/C10H17N3S/c1-2-4-9(5-3-1)6-11-7-10-8-14-13-12-10/h8-9,11H,1-7H2. The van der Waals surface area contributed by atoms with Gasteiger partial charge in [0.25, 0.3) is 0 Å². The van der Waals surface area contributed by atoms with Crippen LogP contribution >= 0.6 is 11.5 Å². The summed E-state index contributed by atoms with van der Waals surface area (Å²) in [6.45, 7) is 2.03. The molecule has 1 N–H and O–H groups in total. The Kier molecular flexibility index (Phi) is 3.89. The van der Waals surface area contributed by atoms with E-state index in [-0.39, 0.29) is 0 Å². The fraction of sp³-hybridized carbons (Fsp3) is 0.800. The monoisotopic (exact) mass is 211 g/mol. The van der Waals surface area contributed by atoms with Crippen molar-refractivity contribution in [2.75, 3.05) is 6.54 Å². The van der Waals surface area contributed by atoms with Crippen LogP contribution in [0.25, 0.3) is 0 Å². The molecule has 1 heterocycles. The van der Waals surface area contributed by atoms with Gasteiger partial charge in [0, 0.05) is 11.9 Å². The highest BCUT2D eigenvalue weighted by molar-refractivity contribution is 7.03. The second-order valence-corrected chi connectivity index (χ2v) is 4.64. The Balaban J connectivity index is 1.62. The van der Waals surface area contributed by atoms with Crippen molar-refractivity contribution in [2.45, 2.75) is 38.6 Å². The van der Waals surface area contributed by atoms with Crippen LogP contribution in [-0.4, -0.2) is 16.1 Å². The molecule has 1 aromatic rings. The number of hydrogen-bond acceptors (Lipinski definition) is 4. The Morgan fingerprint density at radius 1 is 1.36 bits per heavy atom. The van der Waals surface area contributed by atoms with Gasteiger partial charge in [0.1, 0.15) is 0 Å². The molecule has 0 radical (unpaired) electrons. The molecule has 0 unspecified atom stereocenters.